The van der Waals surface area contributed by atoms with Gasteiger partial charge in [0.05, 0.1) is 22.5 Å². The molecule has 8 nitrogen and oxygen atoms in total. The van der Waals surface area contributed by atoms with Gasteiger partial charge in [-0.1, -0.05) is 26.8 Å². The van der Waals surface area contributed by atoms with Gasteiger partial charge in [0.15, 0.2) is 5.65 Å². The van der Waals surface area contributed by atoms with Crippen molar-refractivity contribution in [2.45, 2.75) is 26.2 Å². The molecule has 1 aromatic carbocycles. The first-order valence-electron chi connectivity index (χ1n) is 11.4. The molecule has 5 rings (SSSR count). The highest BCUT2D eigenvalue weighted by Crippen LogP contribution is 2.36. The van der Waals surface area contributed by atoms with Gasteiger partial charge in [0.25, 0.3) is 11.1 Å². The van der Waals surface area contributed by atoms with Crippen LogP contribution < -0.4 is 10.2 Å². The van der Waals surface area contributed by atoms with Crippen LogP contribution in [0.15, 0.2) is 41.4 Å². The van der Waals surface area contributed by atoms with Crippen LogP contribution in [0, 0.1) is 0 Å². The van der Waals surface area contributed by atoms with Crippen molar-refractivity contribution in [1.29, 1.82) is 0 Å². The van der Waals surface area contributed by atoms with Crippen LogP contribution in [-0.4, -0.2) is 63.9 Å². The molecule has 2 aromatic heterocycles. The summed E-state index contributed by atoms with van der Waals surface area (Å²) in [5, 5.41) is 6.61. The van der Waals surface area contributed by atoms with E-state index in [9.17, 15) is 9.59 Å². The van der Waals surface area contributed by atoms with Crippen LogP contribution in [0.4, 0.5) is 10.5 Å². The fourth-order valence-corrected chi connectivity index (χ4v) is 5.00. The van der Waals surface area contributed by atoms with E-state index in [4.69, 9.17) is 5.10 Å². The molecular formula is C25H28N6O2S. The summed E-state index contributed by atoms with van der Waals surface area (Å²) in [6.45, 7) is 10.9. The fourth-order valence-electron chi connectivity index (χ4n) is 4.34. The number of nitrogens with zero attached hydrogens (tertiary/aromatic N) is 5. The summed E-state index contributed by atoms with van der Waals surface area (Å²) in [6.07, 6.45) is 3.46. The second kappa shape index (κ2) is 8.56. The van der Waals surface area contributed by atoms with E-state index in [1.54, 1.807) is 16.7 Å². The standard InChI is InChI=1S/C25H28N6O2S/c1-25(2,3)18-13-16(5-7-19(18)30-11-9-29(4)10-12-30)20-15-26-22-8-6-17(28-31(20)22)14-21-23(32)27-24(33)34-21/h5-8,13-15H,9-12H2,1-4H3,(H,27,32,33)/b21-14-. The van der Waals surface area contributed by atoms with Gasteiger partial charge in [-0.2, -0.15) is 5.10 Å². The van der Waals surface area contributed by atoms with Gasteiger partial charge < -0.3 is 9.80 Å². The zero-order valence-electron chi connectivity index (χ0n) is 19.8. The number of imide groups is 1. The molecule has 0 spiro atoms. The summed E-state index contributed by atoms with van der Waals surface area (Å²) in [7, 11) is 2.17. The van der Waals surface area contributed by atoms with Gasteiger partial charge in [0.2, 0.25) is 0 Å². The van der Waals surface area contributed by atoms with Gasteiger partial charge in [0.1, 0.15) is 0 Å². The van der Waals surface area contributed by atoms with Gasteiger partial charge in [-0.15, -0.1) is 0 Å². The maximum atomic E-state index is 11.9. The molecule has 2 amide bonds. The molecule has 3 aromatic rings. The largest absolute Gasteiger partial charge is 0.369 e. The molecule has 0 atom stereocenters. The summed E-state index contributed by atoms with van der Waals surface area (Å²) in [6, 6.07) is 10.3. The highest BCUT2D eigenvalue weighted by Gasteiger charge is 2.26. The van der Waals surface area contributed by atoms with Crippen molar-refractivity contribution in [3.05, 3.63) is 52.7 Å². The number of imidazole rings is 1. The maximum absolute atomic E-state index is 11.9. The Morgan fingerprint density at radius 3 is 2.50 bits per heavy atom. The van der Waals surface area contributed by atoms with E-state index in [-0.39, 0.29) is 10.7 Å². The molecule has 0 bridgehead atoms. The van der Waals surface area contributed by atoms with Gasteiger partial charge in [-0.05, 0) is 60.1 Å². The van der Waals surface area contributed by atoms with E-state index >= 15 is 0 Å². The van der Waals surface area contributed by atoms with E-state index in [1.807, 2.05) is 12.3 Å². The second-order valence-electron chi connectivity index (χ2n) is 9.80. The molecule has 176 valence electrons. The topological polar surface area (TPSA) is 82.8 Å². The SMILES string of the molecule is CN1CCN(c2ccc(-c3cnc4ccc(/C=C5\SC(=O)NC5=O)nn34)cc2C(C)(C)C)CC1. The second-order valence-corrected chi connectivity index (χ2v) is 10.8. The van der Waals surface area contributed by atoms with Crippen LogP contribution in [0.1, 0.15) is 32.0 Å². The number of nitrogens with one attached hydrogen (secondary N) is 1. The summed E-state index contributed by atoms with van der Waals surface area (Å²) < 4.78 is 1.79. The quantitative estimate of drug-likeness (QED) is 0.576. The van der Waals surface area contributed by atoms with Gasteiger partial charge in [-0.3, -0.25) is 14.9 Å². The maximum Gasteiger partial charge on any atom is 0.290 e. The lowest BCUT2D eigenvalue weighted by molar-refractivity contribution is -0.115. The number of thioether (sulfide) groups is 1. The minimum atomic E-state index is -0.392. The first-order valence-corrected chi connectivity index (χ1v) is 12.2. The molecule has 2 aliphatic rings. The van der Waals surface area contributed by atoms with E-state index in [1.165, 1.54) is 11.3 Å². The number of hydrogen-bond acceptors (Lipinski definition) is 7. The number of anilines is 1. The van der Waals surface area contributed by atoms with Crippen molar-refractivity contribution < 1.29 is 9.59 Å². The number of likely N-dealkylation sites (N-methyl/N-ethyl adjacent to an activating group) is 1. The number of hydrogen-bond donors (Lipinski definition) is 1. The number of benzene rings is 1. The van der Waals surface area contributed by atoms with E-state index in [2.05, 4.69) is 66.1 Å². The fraction of sp³-hybridized carbons (Fsp3) is 0.360. The van der Waals surface area contributed by atoms with Gasteiger partial charge in [0, 0.05) is 37.4 Å². The van der Waals surface area contributed by atoms with E-state index in [0.717, 1.165) is 54.8 Å². The monoisotopic (exact) mass is 476 g/mol. The Morgan fingerprint density at radius 1 is 1.06 bits per heavy atom. The Bertz CT molecular complexity index is 1310. The molecular weight excluding hydrogens is 448 g/mol. The Labute approximate surface area is 203 Å². The molecule has 0 radical (unpaired) electrons. The summed E-state index contributed by atoms with van der Waals surface area (Å²) in [5.41, 5.74) is 5.77. The molecule has 2 fully saturated rings. The third kappa shape index (κ3) is 4.33. The van der Waals surface area contributed by atoms with E-state index in [0.29, 0.717) is 10.6 Å². The van der Waals surface area contributed by atoms with Gasteiger partial charge in [-0.25, -0.2) is 9.50 Å². The van der Waals surface area contributed by atoms with Gasteiger partial charge >= 0.3 is 0 Å². The van der Waals surface area contributed by atoms with Crippen LogP contribution in [0.2, 0.25) is 0 Å². The lowest BCUT2D eigenvalue weighted by atomic mass is 9.84. The Hall–Kier alpha value is -3.17. The molecule has 34 heavy (non-hydrogen) atoms. The third-order valence-corrected chi connectivity index (χ3v) is 7.06. The predicted molar refractivity (Wildman–Crippen MR) is 136 cm³/mol. The van der Waals surface area contributed by atoms with Crippen molar-refractivity contribution in [3.8, 4) is 11.3 Å². The van der Waals surface area contributed by atoms with Crippen LogP contribution in [-0.2, 0) is 10.2 Å². The minimum Gasteiger partial charge on any atom is -0.369 e. The van der Waals surface area contributed by atoms with Crippen LogP contribution in [0.25, 0.3) is 23.0 Å². The number of carbonyl (C=O) groups excluding carboxylic acids is 2. The average molecular weight is 477 g/mol. The normalized spacial score (nSPS) is 18.8. The number of piperazine rings is 1. The number of aromatic nitrogens is 3. The van der Waals surface area contributed by atoms with E-state index < -0.39 is 5.91 Å². The number of fused-ring (bicyclic) bond motifs is 1. The Kier molecular flexibility index (Phi) is 5.69. The van der Waals surface area contributed by atoms with Crippen LogP contribution in [0.5, 0.6) is 0 Å². The molecule has 9 heteroatoms. The predicted octanol–water partition coefficient (Wildman–Crippen LogP) is 3.77. The van der Waals surface area contributed by atoms with Crippen LogP contribution >= 0.6 is 11.8 Å². The molecule has 0 saturated carbocycles. The molecule has 1 N–H and O–H groups in total. The highest BCUT2D eigenvalue weighted by atomic mass is 32.2. The smallest absolute Gasteiger partial charge is 0.290 e. The number of carbonyl (C=O) groups is 2. The number of amides is 2. The lowest BCUT2D eigenvalue weighted by Crippen LogP contribution is -2.45. The van der Waals surface area contributed by atoms with Crippen LogP contribution in [0.3, 0.4) is 0 Å². The highest BCUT2D eigenvalue weighted by molar-refractivity contribution is 8.18. The molecule has 2 aliphatic heterocycles. The Morgan fingerprint density at radius 2 is 1.82 bits per heavy atom. The lowest BCUT2D eigenvalue weighted by Gasteiger charge is -2.37. The zero-order valence-corrected chi connectivity index (χ0v) is 20.6. The first kappa shape index (κ1) is 22.6. The van der Waals surface area contributed by atoms with Crippen molar-refractivity contribution in [2.75, 3.05) is 38.1 Å². The molecule has 4 heterocycles. The van der Waals surface area contributed by atoms with Crippen molar-refractivity contribution in [2.24, 2.45) is 0 Å². The first-order chi connectivity index (χ1) is 16.2. The minimum absolute atomic E-state index is 0.0300. The average Bonchev–Trinajstić information content (AvgIpc) is 3.35. The molecule has 0 aliphatic carbocycles. The summed E-state index contributed by atoms with van der Waals surface area (Å²) >= 11 is 0.885. The number of rotatable bonds is 3. The molecule has 2 saturated heterocycles. The summed E-state index contributed by atoms with van der Waals surface area (Å²) in [5.74, 6) is -0.392. The van der Waals surface area contributed by atoms with Crippen molar-refractivity contribution >= 4 is 40.3 Å². The zero-order chi connectivity index (χ0) is 24.0. The summed E-state index contributed by atoms with van der Waals surface area (Å²) in [4.78, 5) is 33.1. The third-order valence-electron chi connectivity index (χ3n) is 6.25. The molecule has 0 unspecified atom stereocenters. The Balaban J connectivity index is 1.55. The van der Waals surface area contributed by atoms with Crippen molar-refractivity contribution in [1.82, 2.24) is 24.8 Å². The van der Waals surface area contributed by atoms with Crippen molar-refractivity contribution in [3.63, 3.8) is 0 Å².